The molecule has 18 heavy (non-hydrogen) atoms. The number of fused-ring (bicyclic) bond motifs is 1. The second-order valence-corrected chi connectivity index (χ2v) is 3.90. The van der Waals surface area contributed by atoms with Crippen LogP contribution in [0.1, 0.15) is 12.7 Å². The molecule has 0 radical (unpaired) electrons. The van der Waals surface area contributed by atoms with Gasteiger partial charge in [-0.1, -0.05) is 13.0 Å². The molecule has 0 aliphatic heterocycles. The van der Waals surface area contributed by atoms with E-state index in [1.807, 2.05) is 23.8 Å². The standard InChI is InChI=1S/C13H11FN4/c1-2-11-15-6-7-18(11)13-9-4-3-5-10(14)12(9)16-8-17-13/h3-8H,2H2,1H3. The molecule has 0 unspecified atom stereocenters. The third-order valence-corrected chi connectivity index (χ3v) is 2.86. The van der Waals surface area contributed by atoms with Gasteiger partial charge in [0.15, 0.2) is 0 Å². The molecule has 0 saturated heterocycles. The minimum absolute atomic E-state index is 0.332. The fraction of sp³-hybridized carbons (Fsp3) is 0.154. The number of aryl methyl sites for hydroxylation is 1. The van der Waals surface area contributed by atoms with Crippen LogP contribution >= 0.6 is 0 Å². The normalized spacial score (nSPS) is 11.0. The van der Waals surface area contributed by atoms with Crippen LogP contribution in [0.15, 0.2) is 36.9 Å². The SMILES string of the molecule is CCc1nccn1-c1ncnc2c(F)cccc12. The first-order chi connectivity index (χ1) is 8.81. The maximum absolute atomic E-state index is 13.7. The summed E-state index contributed by atoms with van der Waals surface area (Å²) < 4.78 is 15.5. The van der Waals surface area contributed by atoms with Crippen molar-refractivity contribution < 1.29 is 4.39 Å². The summed E-state index contributed by atoms with van der Waals surface area (Å²) in [5.41, 5.74) is 0.332. The number of imidazole rings is 1. The highest BCUT2D eigenvalue weighted by Crippen LogP contribution is 2.21. The monoisotopic (exact) mass is 242 g/mol. The van der Waals surface area contributed by atoms with Crippen LogP contribution in [0.4, 0.5) is 4.39 Å². The van der Waals surface area contributed by atoms with Gasteiger partial charge in [-0.25, -0.2) is 19.3 Å². The Balaban J connectivity index is 2.33. The molecule has 0 bridgehead atoms. The van der Waals surface area contributed by atoms with E-state index in [1.54, 1.807) is 12.3 Å². The lowest BCUT2D eigenvalue weighted by Gasteiger charge is -2.08. The molecule has 0 atom stereocenters. The van der Waals surface area contributed by atoms with Crippen molar-refractivity contribution in [2.45, 2.75) is 13.3 Å². The molecule has 0 spiro atoms. The van der Waals surface area contributed by atoms with Gasteiger partial charge in [0, 0.05) is 24.2 Å². The molecule has 2 aromatic heterocycles. The van der Waals surface area contributed by atoms with Crippen LogP contribution in [0.2, 0.25) is 0 Å². The maximum Gasteiger partial charge on any atom is 0.149 e. The van der Waals surface area contributed by atoms with E-state index in [4.69, 9.17) is 0 Å². The van der Waals surface area contributed by atoms with Crippen molar-refractivity contribution in [1.82, 2.24) is 19.5 Å². The summed E-state index contributed by atoms with van der Waals surface area (Å²) in [6, 6.07) is 4.87. The predicted octanol–water partition coefficient (Wildman–Crippen LogP) is 2.52. The van der Waals surface area contributed by atoms with E-state index in [1.165, 1.54) is 12.4 Å². The first kappa shape index (κ1) is 10.8. The highest BCUT2D eigenvalue weighted by molar-refractivity contribution is 5.85. The summed E-state index contributed by atoms with van der Waals surface area (Å²) in [4.78, 5) is 12.5. The second-order valence-electron chi connectivity index (χ2n) is 3.90. The van der Waals surface area contributed by atoms with Crippen molar-refractivity contribution in [1.29, 1.82) is 0 Å². The molecule has 0 fully saturated rings. The molecule has 3 rings (SSSR count). The Hall–Kier alpha value is -2.30. The first-order valence-electron chi connectivity index (χ1n) is 5.73. The molecule has 2 heterocycles. The van der Waals surface area contributed by atoms with Gasteiger partial charge in [0.1, 0.15) is 29.3 Å². The molecule has 0 aliphatic carbocycles. The van der Waals surface area contributed by atoms with E-state index in [0.29, 0.717) is 16.7 Å². The van der Waals surface area contributed by atoms with E-state index in [2.05, 4.69) is 15.0 Å². The van der Waals surface area contributed by atoms with Crippen LogP contribution in [-0.4, -0.2) is 19.5 Å². The highest BCUT2D eigenvalue weighted by Gasteiger charge is 2.11. The van der Waals surface area contributed by atoms with Crippen LogP contribution in [0.25, 0.3) is 16.7 Å². The Labute approximate surface area is 103 Å². The van der Waals surface area contributed by atoms with Crippen molar-refractivity contribution in [2.24, 2.45) is 0 Å². The number of benzene rings is 1. The summed E-state index contributed by atoms with van der Waals surface area (Å²) in [7, 11) is 0. The van der Waals surface area contributed by atoms with Gasteiger partial charge in [-0.2, -0.15) is 0 Å². The number of nitrogens with zero attached hydrogens (tertiary/aromatic N) is 4. The van der Waals surface area contributed by atoms with Crippen LogP contribution in [0.3, 0.4) is 0 Å². The lowest BCUT2D eigenvalue weighted by atomic mass is 10.2. The van der Waals surface area contributed by atoms with Crippen molar-refractivity contribution in [3.8, 4) is 5.82 Å². The van der Waals surface area contributed by atoms with Gasteiger partial charge in [-0.05, 0) is 12.1 Å². The number of halogens is 1. The van der Waals surface area contributed by atoms with Gasteiger partial charge in [-0.15, -0.1) is 0 Å². The van der Waals surface area contributed by atoms with Gasteiger partial charge in [0.25, 0.3) is 0 Å². The number of aromatic nitrogens is 4. The number of para-hydroxylation sites is 1. The Kier molecular flexibility index (Phi) is 2.51. The Morgan fingerprint density at radius 1 is 1.22 bits per heavy atom. The highest BCUT2D eigenvalue weighted by atomic mass is 19.1. The van der Waals surface area contributed by atoms with E-state index in [-0.39, 0.29) is 5.82 Å². The molecule has 3 aromatic rings. The van der Waals surface area contributed by atoms with Crippen LogP contribution in [0.5, 0.6) is 0 Å². The molecular weight excluding hydrogens is 231 g/mol. The quantitative estimate of drug-likeness (QED) is 0.693. The van der Waals surface area contributed by atoms with Crippen molar-refractivity contribution in [2.75, 3.05) is 0 Å². The largest absolute Gasteiger partial charge is 0.287 e. The molecule has 0 saturated carbocycles. The van der Waals surface area contributed by atoms with Gasteiger partial charge in [0.05, 0.1) is 0 Å². The van der Waals surface area contributed by atoms with Gasteiger partial charge < -0.3 is 0 Å². The lowest BCUT2D eigenvalue weighted by Crippen LogP contribution is -2.03. The van der Waals surface area contributed by atoms with E-state index >= 15 is 0 Å². The van der Waals surface area contributed by atoms with Gasteiger partial charge in [-0.3, -0.25) is 4.57 Å². The summed E-state index contributed by atoms with van der Waals surface area (Å²) in [5, 5.41) is 0.685. The number of hydrogen-bond donors (Lipinski definition) is 0. The zero-order chi connectivity index (χ0) is 12.5. The Morgan fingerprint density at radius 3 is 2.94 bits per heavy atom. The third-order valence-electron chi connectivity index (χ3n) is 2.86. The zero-order valence-corrected chi connectivity index (χ0v) is 9.84. The number of hydrogen-bond acceptors (Lipinski definition) is 3. The van der Waals surface area contributed by atoms with Crippen molar-refractivity contribution in [3.63, 3.8) is 0 Å². The predicted molar refractivity (Wildman–Crippen MR) is 66.0 cm³/mol. The minimum atomic E-state index is -0.339. The summed E-state index contributed by atoms with van der Waals surface area (Å²) in [6.45, 7) is 2.02. The molecule has 4 nitrogen and oxygen atoms in total. The molecule has 0 N–H and O–H groups in total. The van der Waals surface area contributed by atoms with Gasteiger partial charge >= 0.3 is 0 Å². The van der Waals surface area contributed by atoms with E-state index in [0.717, 1.165) is 12.2 Å². The summed E-state index contributed by atoms with van der Waals surface area (Å²) in [5.74, 6) is 1.21. The molecule has 1 aromatic carbocycles. The van der Waals surface area contributed by atoms with Crippen molar-refractivity contribution in [3.05, 3.63) is 48.6 Å². The van der Waals surface area contributed by atoms with Crippen LogP contribution in [0, 0.1) is 5.82 Å². The summed E-state index contributed by atoms with van der Waals surface area (Å²) in [6.07, 6.45) is 5.70. The topological polar surface area (TPSA) is 43.6 Å². The Morgan fingerprint density at radius 2 is 2.11 bits per heavy atom. The third kappa shape index (κ3) is 1.55. The molecular formula is C13H11FN4. The number of rotatable bonds is 2. The maximum atomic E-state index is 13.7. The van der Waals surface area contributed by atoms with Crippen LogP contribution < -0.4 is 0 Å². The average Bonchev–Trinajstić information content (AvgIpc) is 2.87. The molecule has 0 amide bonds. The van der Waals surface area contributed by atoms with E-state index in [9.17, 15) is 4.39 Å². The smallest absolute Gasteiger partial charge is 0.149 e. The van der Waals surface area contributed by atoms with Crippen LogP contribution in [-0.2, 0) is 6.42 Å². The fourth-order valence-corrected chi connectivity index (χ4v) is 2.02. The molecule has 5 heteroatoms. The zero-order valence-electron chi connectivity index (χ0n) is 9.84. The lowest BCUT2D eigenvalue weighted by molar-refractivity contribution is 0.636. The molecule has 90 valence electrons. The molecule has 0 aliphatic rings. The fourth-order valence-electron chi connectivity index (χ4n) is 2.02. The summed E-state index contributed by atoms with van der Waals surface area (Å²) >= 11 is 0. The first-order valence-corrected chi connectivity index (χ1v) is 5.73. The second kappa shape index (κ2) is 4.18. The van der Waals surface area contributed by atoms with E-state index < -0.39 is 0 Å². The Bertz CT molecular complexity index is 705. The van der Waals surface area contributed by atoms with Gasteiger partial charge in [0.2, 0.25) is 0 Å². The average molecular weight is 242 g/mol. The van der Waals surface area contributed by atoms with Crippen molar-refractivity contribution >= 4 is 10.9 Å². The minimum Gasteiger partial charge on any atom is -0.287 e.